The van der Waals surface area contributed by atoms with Crippen molar-refractivity contribution < 1.29 is 0 Å². The molecule has 7 heteroatoms. The summed E-state index contributed by atoms with van der Waals surface area (Å²) in [7, 11) is 0. The first kappa shape index (κ1) is 15.1. The predicted molar refractivity (Wildman–Crippen MR) is 82.6 cm³/mol. The number of rotatable bonds is 6. The average molecular weight is 301 g/mol. The normalized spacial score (nSPS) is 21.8. The van der Waals surface area contributed by atoms with Crippen LogP contribution < -0.4 is 5.32 Å². The molecule has 1 aliphatic heterocycles. The van der Waals surface area contributed by atoms with E-state index in [1.165, 1.54) is 17.3 Å². The Morgan fingerprint density at radius 1 is 1.37 bits per heavy atom. The monoisotopic (exact) mass is 301 g/mol. The van der Waals surface area contributed by atoms with E-state index < -0.39 is 0 Å². The SMILES string of the molecule is CC(C)CNC(C)c1nnnn1CC1CSCCS1. The number of aromatic nitrogens is 4. The number of hydrogen-bond donors (Lipinski definition) is 1. The molecule has 5 nitrogen and oxygen atoms in total. The van der Waals surface area contributed by atoms with Gasteiger partial charge in [-0.05, 0) is 29.8 Å². The molecule has 2 heterocycles. The molecule has 2 rings (SSSR count). The standard InChI is InChI=1S/C12H23N5S2/c1-9(2)6-13-10(3)12-14-15-16-17(12)7-11-8-18-4-5-19-11/h9-11,13H,4-8H2,1-3H3. The molecule has 1 saturated heterocycles. The minimum atomic E-state index is 0.207. The van der Waals surface area contributed by atoms with E-state index >= 15 is 0 Å². The maximum absolute atomic E-state index is 4.18. The van der Waals surface area contributed by atoms with Crippen molar-refractivity contribution >= 4 is 23.5 Å². The van der Waals surface area contributed by atoms with Crippen LogP contribution in [0.3, 0.4) is 0 Å². The maximum atomic E-state index is 4.18. The van der Waals surface area contributed by atoms with Gasteiger partial charge in [-0.3, -0.25) is 0 Å². The summed E-state index contributed by atoms with van der Waals surface area (Å²) in [4.78, 5) is 0. The van der Waals surface area contributed by atoms with Crippen LogP contribution in [0.1, 0.15) is 32.6 Å². The van der Waals surface area contributed by atoms with Gasteiger partial charge in [0.05, 0.1) is 12.6 Å². The summed E-state index contributed by atoms with van der Waals surface area (Å²) in [6.45, 7) is 8.46. The summed E-state index contributed by atoms with van der Waals surface area (Å²) in [5.74, 6) is 5.32. The van der Waals surface area contributed by atoms with Crippen molar-refractivity contribution in [3.63, 3.8) is 0 Å². The molecule has 0 saturated carbocycles. The lowest BCUT2D eigenvalue weighted by Gasteiger charge is -2.22. The second-order valence-electron chi connectivity index (χ2n) is 5.31. The highest BCUT2D eigenvalue weighted by atomic mass is 32.2. The number of thioether (sulfide) groups is 2. The van der Waals surface area contributed by atoms with Gasteiger partial charge in [0.2, 0.25) is 0 Å². The summed E-state index contributed by atoms with van der Waals surface area (Å²) in [6, 6.07) is 0.207. The first-order valence-corrected chi connectivity index (χ1v) is 9.06. The summed E-state index contributed by atoms with van der Waals surface area (Å²) in [6.07, 6.45) is 0. The van der Waals surface area contributed by atoms with Crippen LogP contribution in [0.4, 0.5) is 0 Å². The molecular formula is C12H23N5S2. The Morgan fingerprint density at radius 3 is 2.89 bits per heavy atom. The summed E-state index contributed by atoms with van der Waals surface area (Å²) >= 11 is 4.08. The van der Waals surface area contributed by atoms with Gasteiger partial charge < -0.3 is 5.32 Å². The second kappa shape index (κ2) is 7.50. The molecule has 108 valence electrons. The van der Waals surface area contributed by atoms with Crippen LogP contribution >= 0.6 is 23.5 Å². The molecule has 19 heavy (non-hydrogen) atoms. The zero-order valence-corrected chi connectivity index (χ0v) is 13.5. The zero-order valence-electron chi connectivity index (χ0n) is 11.9. The quantitative estimate of drug-likeness (QED) is 0.865. The van der Waals surface area contributed by atoms with E-state index in [4.69, 9.17) is 0 Å². The topological polar surface area (TPSA) is 55.6 Å². The largest absolute Gasteiger partial charge is 0.307 e. The Kier molecular flexibility index (Phi) is 5.97. The van der Waals surface area contributed by atoms with E-state index in [1.54, 1.807) is 0 Å². The highest BCUT2D eigenvalue weighted by molar-refractivity contribution is 8.06. The van der Waals surface area contributed by atoms with Gasteiger partial charge in [0.25, 0.3) is 0 Å². The third-order valence-corrected chi connectivity index (χ3v) is 5.87. The number of tetrazole rings is 1. The molecule has 0 aliphatic carbocycles. The summed E-state index contributed by atoms with van der Waals surface area (Å²) < 4.78 is 1.97. The predicted octanol–water partition coefficient (Wildman–Crippen LogP) is 1.83. The molecular weight excluding hydrogens is 278 g/mol. The lowest BCUT2D eigenvalue weighted by Crippen LogP contribution is -2.28. The molecule has 1 aromatic heterocycles. The average Bonchev–Trinajstić information content (AvgIpc) is 2.85. The highest BCUT2D eigenvalue weighted by Crippen LogP contribution is 2.25. The third-order valence-electron chi connectivity index (χ3n) is 3.04. The van der Waals surface area contributed by atoms with Gasteiger partial charge in [0, 0.05) is 22.5 Å². The van der Waals surface area contributed by atoms with Crippen molar-refractivity contribution in [2.45, 2.75) is 38.6 Å². The third kappa shape index (κ3) is 4.65. The first-order chi connectivity index (χ1) is 9.16. The Morgan fingerprint density at radius 2 is 2.21 bits per heavy atom. The van der Waals surface area contributed by atoms with E-state index in [1.807, 2.05) is 28.2 Å². The van der Waals surface area contributed by atoms with Crippen LogP contribution in [0.15, 0.2) is 0 Å². The molecule has 0 spiro atoms. The summed E-state index contributed by atoms with van der Waals surface area (Å²) in [5, 5.41) is 16.3. The molecule has 0 bridgehead atoms. The van der Waals surface area contributed by atoms with E-state index in [0.717, 1.165) is 18.9 Å². The van der Waals surface area contributed by atoms with Crippen LogP contribution in [-0.4, -0.2) is 49.3 Å². The van der Waals surface area contributed by atoms with Crippen molar-refractivity contribution in [3.8, 4) is 0 Å². The molecule has 0 aromatic carbocycles. The van der Waals surface area contributed by atoms with E-state index in [-0.39, 0.29) is 6.04 Å². The number of nitrogens with zero attached hydrogens (tertiary/aromatic N) is 4. The molecule has 2 unspecified atom stereocenters. The van der Waals surface area contributed by atoms with Gasteiger partial charge in [-0.2, -0.15) is 23.5 Å². The lowest BCUT2D eigenvalue weighted by atomic mass is 10.2. The zero-order chi connectivity index (χ0) is 13.7. The van der Waals surface area contributed by atoms with Crippen molar-refractivity contribution in [2.75, 3.05) is 23.8 Å². The van der Waals surface area contributed by atoms with Crippen molar-refractivity contribution in [1.29, 1.82) is 0 Å². The molecule has 1 aromatic rings. The minimum absolute atomic E-state index is 0.207. The molecule has 1 fully saturated rings. The smallest absolute Gasteiger partial charge is 0.167 e. The van der Waals surface area contributed by atoms with Crippen LogP contribution in [0.2, 0.25) is 0 Å². The van der Waals surface area contributed by atoms with Gasteiger partial charge in [-0.25, -0.2) is 4.68 Å². The van der Waals surface area contributed by atoms with Gasteiger partial charge in [0.1, 0.15) is 0 Å². The lowest BCUT2D eigenvalue weighted by molar-refractivity contribution is 0.453. The molecule has 1 N–H and O–H groups in total. The van der Waals surface area contributed by atoms with Crippen molar-refractivity contribution in [1.82, 2.24) is 25.5 Å². The van der Waals surface area contributed by atoms with Crippen LogP contribution in [0.25, 0.3) is 0 Å². The van der Waals surface area contributed by atoms with Crippen LogP contribution in [-0.2, 0) is 6.54 Å². The first-order valence-electron chi connectivity index (χ1n) is 6.85. The van der Waals surface area contributed by atoms with E-state index in [2.05, 4.69) is 41.6 Å². The molecule has 1 aliphatic rings. The highest BCUT2D eigenvalue weighted by Gasteiger charge is 2.20. The molecule has 0 amide bonds. The van der Waals surface area contributed by atoms with Crippen LogP contribution in [0.5, 0.6) is 0 Å². The van der Waals surface area contributed by atoms with E-state index in [0.29, 0.717) is 11.2 Å². The summed E-state index contributed by atoms with van der Waals surface area (Å²) in [5.41, 5.74) is 0. The minimum Gasteiger partial charge on any atom is -0.307 e. The fourth-order valence-electron chi connectivity index (χ4n) is 1.99. The van der Waals surface area contributed by atoms with Gasteiger partial charge in [-0.15, -0.1) is 5.10 Å². The molecule has 2 atom stereocenters. The van der Waals surface area contributed by atoms with Crippen molar-refractivity contribution in [2.24, 2.45) is 5.92 Å². The Hall–Kier alpha value is -0.270. The second-order valence-corrected chi connectivity index (χ2v) is 7.87. The number of nitrogens with one attached hydrogen (secondary N) is 1. The van der Waals surface area contributed by atoms with Crippen molar-refractivity contribution in [3.05, 3.63) is 5.82 Å². The Balaban J connectivity index is 1.92. The van der Waals surface area contributed by atoms with E-state index in [9.17, 15) is 0 Å². The van der Waals surface area contributed by atoms with Gasteiger partial charge in [-0.1, -0.05) is 13.8 Å². The fraction of sp³-hybridized carbons (Fsp3) is 0.917. The molecule has 0 radical (unpaired) electrons. The van der Waals surface area contributed by atoms with Crippen LogP contribution in [0, 0.1) is 5.92 Å². The maximum Gasteiger partial charge on any atom is 0.167 e. The Bertz CT molecular complexity index is 376. The van der Waals surface area contributed by atoms with Gasteiger partial charge in [0.15, 0.2) is 5.82 Å². The fourth-order valence-corrected chi connectivity index (χ4v) is 4.64. The van der Waals surface area contributed by atoms with Gasteiger partial charge >= 0.3 is 0 Å². The number of hydrogen-bond acceptors (Lipinski definition) is 6. The Labute approximate surface area is 123 Å².